The quantitative estimate of drug-likeness (QED) is 0.803. The molecule has 3 heterocycles. The van der Waals surface area contributed by atoms with Crippen molar-refractivity contribution in [1.82, 2.24) is 19.5 Å². The molecular weight excluding hydrogens is 306 g/mol. The second-order valence-electron chi connectivity index (χ2n) is 4.88. The van der Waals surface area contributed by atoms with Crippen LogP contribution in [0.25, 0.3) is 5.52 Å². The van der Waals surface area contributed by atoms with Crippen molar-refractivity contribution in [2.45, 2.75) is 6.92 Å². The van der Waals surface area contributed by atoms with E-state index in [9.17, 15) is 0 Å². The molecule has 102 valence electrons. The standard InChI is InChI=1S/C13H18BrN5/c1-11-10-12-13(15-3-5-19(12)16-11)18-8-6-17(4-2-14)7-9-18/h3,5,10H,2,4,6-9H2,1H3. The zero-order chi connectivity index (χ0) is 13.2. The van der Waals surface area contributed by atoms with Gasteiger partial charge in [0.2, 0.25) is 0 Å². The van der Waals surface area contributed by atoms with Gasteiger partial charge in [0.15, 0.2) is 5.82 Å². The molecule has 0 saturated carbocycles. The summed E-state index contributed by atoms with van der Waals surface area (Å²) in [6, 6.07) is 2.10. The molecule has 0 spiro atoms. The predicted octanol–water partition coefficient (Wildman–Crippen LogP) is 1.55. The summed E-state index contributed by atoms with van der Waals surface area (Å²) >= 11 is 3.50. The summed E-state index contributed by atoms with van der Waals surface area (Å²) in [7, 11) is 0. The van der Waals surface area contributed by atoms with Crippen molar-refractivity contribution in [3.8, 4) is 0 Å². The van der Waals surface area contributed by atoms with E-state index < -0.39 is 0 Å². The van der Waals surface area contributed by atoms with Gasteiger partial charge in [-0.3, -0.25) is 4.90 Å². The van der Waals surface area contributed by atoms with E-state index >= 15 is 0 Å². The van der Waals surface area contributed by atoms with Gasteiger partial charge in [-0.25, -0.2) is 9.50 Å². The molecule has 0 aliphatic carbocycles. The lowest BCUT2D eigenvalue weighted by Crippen LogP contribution is -2.47. The number of piperazine rings is 1. The lowest BCUT2D eigenvalue weighted by Gasteiger charge is -2.35. The third kappa shape index (κ3) is 2.60. The molecule has 0 amide bonds. The van der Waals surface area contributed by atoms with Gasteiger partial charge in [0.25, 0.3) is 0 Å². The van der Waals surface area contributed by atoms with E-state index in [-0.39, 0.29) is 0 Å². The van der Waals surface area contributed by atoms with Crippen molar-refractivity contribution in [3.63, 3.8) is 0 Å². The Bertz CT molecular complexity index is 559. The van der Waals surface area contributed by atoms with Crippen LogP contribution < -0.4 is 4.90 Å². The fraction of sp³-hybridized carbons (Fsp3) is 0.538. The monoisotopic (exact) mass is 323 g/mol. The fourth-order valence-electron chi connectivity index (χ4n) is 2.58. The zero-order valence-electron chi connectivity index (χ0n) is 11.1. The van der Waals surface area contributed by atoms with Crippen LogP contribution in [0.1, 0.15) is 5.69 Å². The molecule has 19 heavy (non-hydrogen) atoms. The van der Waals surface area contributed by atoms with E-state index in [0.29, 0.717) is 0 Å². The second kappa shape index (κ2) is 5.46. The average molecular weight is 324 g/mol. The second-order valence-corrected chi connectivity index (χ2v) is 5.68. The first-order valence-electron chi connectivity index (χ1n) is 6.62. The van der Waals surface area contributed by atoms with Gasteiger partial charge in [0.05, 0.1) is 5.69 Å². The Kier molecular flexibility index (Phi) is 3.70. The van der Waals surface area contributed by atoms with Crippen LogP contribution in [0.15, 0.2) is 18.5 Å². The maximum absolute atomic E-state index is 4.55. The van der Waals surface area contributed by atoms with E-state index in [2.05, 4.69) is 41.9 Å². The van der Waals surface area contributed by atoms with Crippen LogP contribution in [0.3, 0.4) is 0 Å². The first kappa shape index (κ1) is 12.9. The Labute approximate surface area is 121 Å². The predicted molar refractivity (Wildman–Crippen MR) is 80.2 cm³/mol. The third-order valence-electron chi connectivity index (χ3n) is 3.56. The first-order valence-corrected chi connectivity index (χ1v) is 7.74. The van der Waals surface area contributed by atoms with E-state index in [0.717, 1.165) is 55.1 Å². The van der Waals surface area contributed by atoms with Crippen LogP contribution in [-0.4, -0.2) is 57.6 Å². The summed E-state index contributed by atoms with van der Waals surface area (Å²) in [4.78, 5) is 9.39. The number of nitrogens with zero attached hydrogens (tertiary/aromatic N) is 5. The molecule has 5 nitrogen and oxygen atoms in total. The van der Waals surface area contributed by atoms with Gasteiger partial charge in [0.1, 0.15) is 5.52 Å². The molecule has 1 fully saturated rings. The van der Waals surface area contributed by atoms with Gasteiger partial charge < -0.3 is 4.90 Å². The van der Waals surface area contributed by atoms with Crippen molar-refractivity contribution in [2.24, 2.45) is 0 Å². The highest BCUT2D eigenvalue weighted by molar-refractivity contribution is 9.09. The van der Waals surface area contributed by atoms with Gasteiger partial charge in [-0.1, -0.05) is 15.9 Å². The SMILES string of the molecule is Cc1cc2c(N3CCN(CCBr)CC3)nccn2n1. The van der Waals surface area contributed by atoms with Gasteiger partial charge in [0, 0.05) is 50.4 Å². The molecule has 2 aromatic rings. The maximum Gasteiger partial charge on any atom is 0.154 e. The highest BCUT2D eigenvalue weighted by Gasteiger charge is 2.19. The highest BCUT2D eigenvalue weighted by atomic mass is 79.9. The van der Waals surface area contributed by atoms with Gasteiger partial charge in [-0.2, -0.15) is 5.10 Å². The lowest BCUT2D eigenvalue weighted by atomic mass is 10.3. The number of alkyl halides is 1. The molecule has 2 aromatic heterocycles. The van der Waals surface area contributed by atoms with Crippen molar-refractivity contribution in [3.05, 3.63) is 24.2 Å². The van der Waals surface area contributed by atoms with Crippen LogP contribution in [0.5, 0.6) is 0 Å². The Morgan fingerprint density at radius 1 is 1.26 bits per heavy atom. The molecule has 1 saturated heterocycles. The molecule has 1 aliphatic heterocycles. The molecule has 0 N–H and O–H groups in total. The summed E-state index contributed by atoms with van der Waals surface area (Å²) in [5.41, 5.74) is 2.14. The molecule has 0 atom stereocenters. The summed E-state index contributed by atoms with van der Waals surface area (Å²) in [5.74, 6) is 1.06. The fourth-order valence-corrected chi connectivity index (χ4v) is 3.08. The zero-order valence-corrected chi connectivity index (χ0v) is 12.7. The number of anilines is 1. The molecule has 0 radical (unpaired) electrons. The molecule has 0 bridgehead atoms. The summed E-state index contributed by atoms with van der Waals surface area (Å²) in [6.45, 7) is 7.40. The van der Waals surface area contributed by atoms with E-state index in [1.165, 1.54) is 0 Å². The van der Waals surface area contributed by atoms with E-state index in [1.807, 2.05) is 23.8 Å². The minimum atomic E-state index is 1.03. The minimum absolute atomic E-state index is 1.03. The third-order valence-corrected chi connectivity index (χ3v) is 3.92. The van der Waals surface area contributed by atoms with Gasteiger partial charge >= 0.3 is 0 Å². The molecule has 0 unspecified atom stereocenters. The van der Waals surface area contributed by atoms with Gasteiger partial charge in [-0.15, -0.1) is 0 Å². The lowest BCUT2D eigenvalue weighted by molar-refractivity contribution is 0.273. The van der Waals surface area contributed by atoms with E-state index in [1.54, 1.807) is 0 Å². The topological polar surface area (TPSA) is 36.7 Å². The number of fused-ring (bicyclic) bond motifs is 1. The molecule has 1 aliphatic rings. The van der Waals surface area contributed by atoms with Crippen molar-refractivity contribution in [1.29, 1.82) is 0 Å². The van der Waals surface area contributed by atoms with Crippen LogP contribution in [-0.2, 0) is 0 Å². The number of hydrogen-bond acceptors (Lipinski definition) is 4. The number of halogens is 1. The number of aromatic nitrogens is 3. The van der Waals surface area contributed by atoms with Crippen LogP contribution in [0, 0.1) is 6.92 Å². The Morgan fingerprint density at radius 2 is 2.05 bits per heavy atom. The number of aryl methyl sites for hydroxylation is 1. The summed E-state index contributed by atoms with van der Waals surface area (Å²) in [6.07, 6.45) is 3.74. The van der Waals surface area contributed by atoms with Crippen molar-refractivity contribution in [2.75, 3.05) is 43.0 Å². The smallest absolute Gasteiger partial charge is 0.154 e. The summed E-state index contributed by atoms with van der Waals surface area (Å²) < 4.78 is 1.92. The van der Waals surface area contributed by atoms with Crippen LogP contribution in [0.2, 0.25) is 0 Å². The van der Waals surface area contributed by atoms with Gasteiger partial charge in [-0.05, 0) is 13.0 Å². The first-order chi connectivity index (χ1) is 9.28. The molecule has 0 aromatic carbocycles. The maximum atomic E-state index is 4.55. The van der Waals surface area contributed by atoms with E-state index in [4.69, 9.17) is 0 Å². The molecule has 3 rings (SSSR count). The van der Waals surface area contributed by atoms with Crippen molar-refractivity contribution < 1.29 is 0 Å². The number of hydrogen-bond donors (Lipinski definition) is 0. The Hall–Kier alpha value is -1.14. The minimum Gasteiger partial charge on any atom is -0.352 e. The molecular formula is C13H18BrN5. The summed E-state index contributed by atoms with van der Waals surface area (Å²) in [5, 5.41) is 5.49. The largest absolute Gasteiger partial charge is 0.352 e. The van der Waals surface area contributed by atoms with Crippen LogP contribution in [0.4, 0.5) is 5.82 Å². The van der Waals surface area contributed by atoms with Crippen molar-refractivity contribution >= 4 is 27.3 Å². The van der Waals surface area contributed by atoms with Crippen LogP contribution >= 0.6 is 15.9 Å². The Balaban J connectivity index is 1.81. The number of rotatable bonds is 3. The highest BCUT2D eigenvalue weighted by Crippen LogP contribution is 2.20. The average Bonchev–Trinajstić information content (AvgIpc) is 2.80. The Morgan fingerprint density at radius 3 is 2.79 bits per heavy atom. The normalized spacial score (nSPS) is 17.3. The molecule has 6 heteroatoms.